The lowest BCUT2D eigenvalue weighted by Gasteiger charge is -2.08. The van der Waals surface area contributed by atoms with Crippen molar-refractivity contribution in [3.63, 3.8) is 0 Å². The third-order valence-electron chi connectivity index (χ3n) is 4.63. The Bertz CT molecular complexity index is 1370. The molecule has 0 bridgehead atoms. The fraction of sp³-hybridized carbons (Fsp3) is 0.0870. The van der Waals surface area contributed by atoms with Gasteiger partial charge in [0.15, 0.2) is 9.84 Å². The minimum absolute atomic E-state index is 0.306. The molecule has 0 saturated carbocycles. The van der Waals surface area contributed by atoms with Gasteiger partial charge >= 0.3 is 0 Å². The Kier molecular flexibility index (Phi) is 5.40. The summed E-state index contributed by atoms with van der Waals surface area (Å²) in [5, 5.41) is 5.31. The van der Waals surface area contributed by atoms with Crippen LogP contribution in [-0.4, -0.2) is 24.5 Å². The van der Waals surface area contributed by atoms with Crippen LogP contribution in [0.4, 0.5) is 0 Å². The number of hydrogen-bond donors (Lipinski definition) is 0. The molecule has 2 aromatic carbocycles. The predicted octanol–water partition coefficient (Wildman–Crippen LogP) is 6.36. The van der Waals surface area contributed by atoms with E-state index in [0.29, 0.717) is 9.92 Å². The first-order valence-corrected chi connectivity index (χ1v) is 12.2. The van der Waals surface area contributed by atoms with Crippen molar-refractivity contribution >= 4 is 38.3 Å². The number of aromatic nitrogens is 2. The van der Waals surface area contributed by atoms with E-state index in [2.05, 4.69) is 6.58 Å². The van der Waals surface area contributed by atoms with Gasteiger partial charge in [0.2, 0.25) is 0 Å². The summed E-state index contributed by atoms with van der Waals surface area (Å²) >= 11 is 8.00. The zero-order valence-electron chi connectivity index (χ0n) is 16.5. The lowest BCUT2D eigenvalue weighted by atomic mass is 10.2. The number of allylic oxidation sites excluding steroid dienone is 1. The largest absolute Gasteiger partial charge is 0.230 e. The molecular formula is C23H19ClN2O2S2. The number of benzene rings is 2. The average Bonchev–Trinajstić information content (AvgIpc) is 3.35. The minimum atomic E-state index is -3.27. The summed E-state index contributed by atoms with van der Waals surface area (Å²) in [6.45, 7) is 5.93. The van der Waals surface area contributed by atoms with Gasteiger partial charge in [-0.1, -0.05) is 42.4 Å². The van der Waals surface area contributed by atoms with E-state index in [4.69, 9.17) is 16.7 Å². The number of halogens is 1. The Balaban J connectivity index is 1.83. The van der Waals surface area contributed by atoms with Crippen LogP contribution < -0.4 is 0 Å². The fourth-order valence-corrected chi connectivity index (χ4v) is 4.97. The first-order chi connectivity index (χ1) is 14.2. The maximum Gasteiger partial charge on any atom is 0.175 e. The predicted molar refractivity (Wildman–Crippen MR) is 125 cm³/mol. The Hall–Kier alpha value is -2.67. The summed E-state index contributed by atoms with van der Waals surface area (Å²) in [5.41, 5.74) is 4.20. The molecule has 0 radical (unpaired) electrons. The van der Waals surface area contributed by atoms with Crippen LogP contribution in [0.1, 0.15) is 12.6 Å². The highest BCUT2D eigenvalue weighted by atomic mass is 35.5. The first-order valence-electron chi connectivity index (χ1n) is 9.15. The maximum absolute atomic E-state index is 11.9. The van der Waals surface area contributed by atoms with Crippen LogP contribution in [0.25, 0.3) is 32.3 Å². The SMILES string of the molecule is C=C(C)c1cc(-c2ccc(-c3cccc(S(C)(=O)=O)c3)s2)n(-c2ccccc2Cl)n1. The molecule has 4 rings (SSSR count). The molecular weight excluding hydrogens is 436 g/mol. The van der Waals surface area contributed by atoms with Crippen molar-refractivity contribution in [3.8, 4) is 26.7 Å². The van der Waals surface area contributed by atoms with E-state index in [1.807, 2.05) is 60.1 Å². The normalized spacial score (nSPS) is 11.6. The minimum Gasteiger partial charge on any atom is -0.230 e. The van der Waals surface area contributed by atoms with Crippen LogP contribution in [0.5, 0.6) is 0 Å². The zero-order chi connectivity index (χ0) is 21.5. The molecule has 0 saturated heterocycles. The van der Waals surface area contributed by atoms with Gasteiger partial charge in [-0.2, -0.15) is 5.10 Å². The molecule has 7 heteroatoms. The number of thiophene rings is 1. The van der Waals surface area contributed by atoms with Crippen molar-refractivity contribution in [3.05, 3.63) is 84.0 Å². The van der Waals surface area contributed by atoms with Gasteiger partial charge in [0.1, 0.15) is 0 Å². The number of nitrogens with zero attached hydrogens (tertiary/aromatic N) is 2. The topological polar surface area (TPSA) is 52.0 Å². The summed E-state index contributed by atoms with van der Waals surface area (Å²) in [7, 11) is -3.27. The monoisotopic (exact) mass is 454 g/mol. The number of hydrogen-bond acceptors (Lipinski definition) is 4. The Morgan fingerprint density at radius 2 is 1.77 bits per heavy atom. The molecule has 0 atom stereocenters. The van der Waals surface area contributed by atoms with Gasteiger partial charge in [-0.15, -0.1) is 11.3 Å². The van der Waals surface area contributed by atoms with Crippen molar-refractivity contribution < 1.29 is 8.42 Å². The highest BCUT2D eigenvalue weighted by Crippen LogP contribution is 2.37. The molecule has 30 heavy (non-hydrogen) atoms. The van der Waals surface area contributed by atoms with Crippen LogP contribution >= 0.6 is 22.9 Å². The number of para-hydroxylation sites is 1. The second kappa shape index (κ2) is 7.87. The third-order valence-corrected chi connectivity index (χ3v) is 7.22. The molecule has 2 aromatic heterocycles. The van der Waals surface area contributed by atoms with Crippen LogP contribution in [0.3, 0.4) is 0 Å². The van der Waals surface area contributed by atoms with Gasteiger partial charge in [-0.25, -0.2) is 13.1 Å². The lowest BCUT2D eigenvalue weighted by Crippen LogP contribution is -1.99. The standard InChI is InChI=1S/C23H19ClN2O2S2/c1-15(2)19-14-21(26(25-19)20-10-5-4-9-18(20)24)23-12-11-22(29-23)16-7-6-8-17(13-16)30(3,27)28/h4-14H,1H2,2-3H3. The second-order valence-corrected chi connectivity index (χ2v) is 10.5. The van der Waals surface area contributed by atoms with E-state index in [1.165, 1.54) is 6.26 Å². The first kappa shape index (κ1) is 20.6. The van der Waals surface area contributed by atoms with E-state index in [9.17, 15) is 8.42 Å². The zero-order valence-corrected chi connectivity index (χ0v) is 18.9. The molecule has 0 fully saturated rings. The van der Waals surface area contributed by atoms with Gasteiger partial charge < -0.3 is 0 Å². The van der Waals surface area contributed by atoms with Crippen LogP contribution in [0, 0.1) is 0 Å². The summed E-state index contributed by atoms with van der Waals surface area (Å²) in [6, 6.07) is 20.5. The Labute approximate surface area is 185 Å². The van der Waals surface area contributed by atoms with E-state index >= 15 is 0 Å². The van der Waals surface area contributed by atoms with E-state index in [0.717, 1.165) is 38.0 Å². The number of rotatable bonds is 5. The summed E-state index contributed by atoms with van der Waals surface area (Å²) < 4.78 is 25.7. The van der Waals surface area contributed by atoms with Crippen LogP contribution in [0.15, 0.2) is 78.2 Å². The smallest absolute Gasteiger partial charge is 0.175 e. The molecule has 152 valence electrons. The van der Waals surface area contributed by atoms with Gasteiger partial charge in [-0.3, -0.25) is 0 Å². The summed E-state index contributed by atoms with van der Waals surface area (Å²) in [5.74, 6) is 0. The maximum atomic E-state index is 11.9. The quantitative estimate of drug-likeness (QED) is 0.352. The van der Waals surface area contributed by atoms with E-state index in [1.54, 1.807) is 29.5 Å². The second-order valence-electron chi connectivity index (χ2n) is 7.02. The molecule has 2 heterocycles. The summed E-state index contributed by atoms with van der Waals surface area (Å²) in [6.07, 6.45) is 1.22. The van der Waals surface area contributed by atoms with Crippen molar-refractivity contribution in [1.29, 1.82) is 0 Å². The highest BCUT2D eigenvalue weighted by molar-refractivity contribution is 7.90. The molecule has 0 aliphatic carbocycles. The van der Waals surface area contributed by atoms with Crippen LogP contribution in [0.2, 0.25) is 5.02 Å². The third kappa shape index (κ3) is 3.99. The molecule has 0 unspecified atom stereocenters. The highest BCUT2D eigenvalue weighted by Gasteiger charge is 2.17. The van der Waals surface area contributed by atoms with E-state index in [-0.39, 0.29) is 0 Å². The molecule has 0 N–H and O–H groups in total. The van der Waals surface area contributed by atoms with Crippen molar-refractivity contribution in [1.82, 2.24) is 9.78 Å². The average molecular weight is 455 g/mol. The molecule has 0 spiro atoms. The van der Waals surface area contributed by atoms with Gasteiger partial charge in [0, 0.05) is 11.1 Å². The van der Waals surface area contributed by atoms with Crippen molar-refractivity contribution in [2.24, 2.45) is 0 Å². The van der Waals surface area contributed by atoms with Gasteiger partial charge in [0.25, 0.3) is 0 Å². The summed E-state index contributed by atoms with van der Waals surface area (Å²) in [4.78, 5) is 2.27. The Morgan fingerprint density at radius 3 is 2.47 bits per heavy atom. The number of sulfone groups is 1. The van der Waals surface area contributed by atoms with E-state index < -0.39 is 9.84 Å². The molecule has 0 amide bonds. The lowest BCUT2D eigenvalue weighted by molar-refractivity contribution is 0.602. The molecule has 4 aromatic rings. The van der Waals surface area contributed by atoms with Crippen molar-refractivity contribution in [2.45, 2.75) is 11.8 Å². The molecule has 0 aliphatic rings. The molecule has 4 nitrogen and oxygen atoms in total. The van der Waals surface area contributed by atoms with Gasteiger partial charge in [-0.05, 0) is 60.5 Å². The fourth-order valence-electron chi connectivity index (χ4n) is 3.08. The van der Waals surface area contributed by atoms with Gasteiger partial charge in [0.05, 0.1) is 31.9 Å². The van der Waals surface area contributed by atoms with Crippen molar-refractivity contribution in [2.75, 3.05) is 6.26 Å². The molecule has 0 aliphatic heterocycles. The Morgan fingerprint density at radius 1 is 1.03 bits per heavy atom. The van der Waals surface area contributed by atoms with Crippen LogP contribution in [-0.2, 0) is 9.84 Å².